The summed E-state index contributed by atoms with van der Waals surface area (Å²) in [6, 6.07) is 0. The minimum atomic E-state index is -0.955. The fourth-order valence-electron chi connectivity index (χ4n) is 1.39. The predicted octanol–water partition coefficient (Wildman–Crippen LogP) is 1.66. The summed E-state index contributed by atoms with van der Waals surface area (Å²) in [4.78, 5) is 0. The molecule has 0 heterocycles. The van der Waals surface area contributed by atoms with Crippen molar-refractivity contribution in [2.45, 2.75) is 64.1 Å². The van der Waals surface area contributed by atoms with Crippen LogP contribution in [0.15, 0.2) is 0 Å². The number of unbranched alkanes of at least 4 members (excludes halogenated alkanes) is 6. The first kappa shape index (κ1) is 12.9. The van der Waals surface area contributed by atoms with Gasteiger partial charge in [0.1, 0.15) is 5.79 Å². The summed E-state index contributed by atoms with van der Waals surface area (Å²) < 4.78 is 0. The monoisotopic (exact) mass is 187 g/mol. The van der Waals surface area contributed by atoms with Gasteiger partial charge < -0.3 is 17.2 Å². The zero-order valence-electron chi connectivity index (χ0n) is 8.89. The second kappa shape index (κ2) is 7.30. The van der Waals surface area contributed by atoms with E-state index >= 15 is 0 Å². The van der Waals surface area contributed by atoms with Crippen molar-refractivity contribution in [2.24, 2.45) is 17.2 Å². The van der Waals surface area contributed by atoms with Gasteiger partial charge in [-0.1, -0.05) is 45.4 Å². The molecule has 0 saturated heterocycles. The molecule has 0 saturated carbocycles. The van der Waals surface area contributed by atoms with Crippen molar-refractivity contribution < 1.29 is 0 Å². The molecule has 0 amide bonds. The van der Waals surface area contributed by atoms with Crippen LogP contribution in [0.3, 0.4) is 0 Å². The molecule has 0 aromatic carbocycles. The third-order valence-electron chi connectivity index (χ3n) is 2.21. The van der Waals surface area contributed by atoms with Crippen LogP contribution in [0.4, 0.5) is 0 Å². The molecule has 3 heteroatoms. The standard InChI is InChI=1S/C10H25N3/c1-2-3-4-5-6-7-8-9-10(11,12)13/h2-9,11-13H2,1H3. The van der Waals surface area contributed by atoms with Gasteiger partial charge in [-0.05, 0) is 12.8 Å². The van der Waals surface area contributed by atoms with Crippen LogP contribution < -0.4 is 17.2 Å². The van der Waals surface area contributed by atoms with Crippen LogP contribution in [-0.4, -0.2) is 5.79 Å². The molecule has 0 aliphatic heterocycles. The van der Waals surface area contributed by atoms with E-state index in [4.69, 9.17) is 17.2 Å². The van der Waals surface area contributed by atoms with Crippen molar-refractivity contribution in [1.82, 2.24) is 0 Å². The first-order chi connectivity index (χ1) is 6.06. The van der Waals surface area contributed by atoms with Crippen LogP contribution in [0, 0.1) is 0 Å². The van der Waals surface area contributed by atoms with Gasteiger partial charge in [0.15, 0.2) is 0 Å². The minimum absolute atomic E-state index is 0.723. The number of hydrogen-bond acceptors (Lipinski definition) is 3. The van der Waals surface area contributed by atoms with E-state index in [1.54, 1.807) is 0 Å². The van der Waals surface area contributed by atoms with E-state index in [9.17, 15) is 0 Å². The maximum atomic E-state index is 5.45. The molecule has 0 spiro atoms. The van der Waals surface area contributed by atoms with E-state index < -0.39 is 5.79 Å². The Morgan fingerprint density at radius 2 is 1.23 bits per heavy atom. The molecule has 3 nitrogen and oxygen atoms in total. The zero-order chi connectivity index (χ0) is 10.2. The van der Waals surface area contributed by atoms with Crippen LogP contribution in [0.5, 0.6) is 0 Å². The van der Waals surface area contributed by atoms with Crippen molar-refractivity contribution >= 4 is 0 Å². The highest BCUT2D eigenvalue weighted by atomic mass is 15.1. The lowest BCUT2D eigenvalue weighted by atomic mass is 10.1. The molecule has 0 aromatic rings. The maximum Gasteiger partial charge on any atom is 0.115 e. The van der Waals surface area contributed by atoms with Crippen molar-refractivity contribution in [1.29, 1.82) is 0 Å². The Morgan fingerprint density at radius 3 is 1.69 bits per heavy atom. The summed E-state index contributed by atoms with van der Waals surface area (Å²) in [7, 11) is 0. The van der Waals surface area contributed by atoms with Crippen LogP contribution >= 0.6 is 0 Å². The summed E-state index contributed by atoms with van der Waals surface area (Å²) in [5.74, 6) is -0.955. The van der Waals surface area contributed by atoms with E-state index in [0.717, 1.165) is 12.8 Å². The average molecular weight is 187 g/mol. The summed E-state index contributed by atoms with van der Waals surface area (Å²) in [5.41, 5.74) is 16.4. The van der Waals surface area contributed by atoms with Gasteiger partial charge in [0.25, 0.3) is 0 Å². The van der Waals surface area contributed by atoms with E-state index in [-0.39, 0.29) is 0 Å². The van der Waals surface area contributed by atoms with E-state index in [2.05, 4.69) is 6.92 Å². The largest absolute Gasteiger partial charge is 0.301 e. The Labute approximate surface area is 82.0 Å². The summed E-state index contributed by atoms with van der Waals surface area (Å²) in [6.45, 7) is 2.23. The lowest BCUT2D eigenvalue weighted by Gasteiger charge is -2.17. The van der Waals surface area contributed by atoms with E-state index in [1.807, 2.05) is 0 Å². The van der Waals surface area contributed by atoms with Crippen LogP contribution in [0.25, 0.3) is 0 Å². The first-order valence-corrected chi connectivity index (χ1v) is 5.43. The van der Waals surface area contributed by atoms with Crippen LogP contribution in [0.2, 0.25) is 0 Å². The highest BCUT2D eigenvalue weighted by Crippen LogP contribution is 2.09. The van der Waals surface area contributed by atoms with Crippen molar-refractivity contribution in [3.05, 3.63) is 0 Å². The third kappa shape index (κ3) is 11.9. The predicted molar refractivity (Wildman–Crippen MR) is 57.9 cm³/mol. The lowest BCUT2D eigenvalue weighted by molar-refractivity contribution is 0.400. The normalized spacial score (nSPS) is 12.0. The van der Waals surface area contributed by atoms with Crippen molar-refractivity contribution in [3.8, 4) is 0 Å². The van der Waals surface area contributed by atoms with Crippen LogP contribution in [0.1, 0.15) is 58.3 Å². The molecule has 0 unspecified atom stereocenters. The van der Waals surface area contributed by atoms with Gasteiger partial charge in [-0.25, -0.2) is 0 Å². The summed E-state index contributed by atoms with van der Waals surface area (Å²) in [5, 5.41) is 0. The zero-order valence-corrected chi connectivity index (χ0v) is 8.89. The van der Waals surface area contributed by atoms with Gasteiger partial charge in [0, 0.05) is 0 Å². The number of rotatable bonds is 8. The number of nitrogens with two attached hydrogens (primary N) is 3. The lowest BCUT2D eigenvalue weighted by Crippen LogP contribution is -2.57. The Hall–Kier alpha value is -0.120. The highest BCUT2D eigenvalue weighted by molar-refractivity contribution is 4.66. The Kier molecular flexibility index (Phi) is 7.23. The van der Waals surface area contributed by atoms with Gasteiger partial charge in [-0.2, -0.15) is 0 Å². The van der Waals surface area contributed by atoms with Gasteiger partial charge in [-0.15, -0.1) is 0 Å². The highest BCUT2D eigenvalue weighted by Gasteiger charge is 2.09. The molecule has 0 aliphatic rings. The summed E-state index contributed by atoms with van der Waals surface area (Å²) in [6.07, 6.45) is 9.62. The third-order valence-corrected chi connectivity index (χ3v) is 2.21. The van der Waals surface area contributed by atoms with Gasteiger partial charge in [0.2, 0.25) is 0 Å². The molecule has 0 rings (SSSR count). The fraction of sp³-hybridized carbons (Fsp3) is 1.00. The molecule has 6 N–H and O–H groups in total. The SMILES string of the molecule is CCCCCCCCCC(N)(N)N. The molecule has 80 valence electrons. The quantitative estimate of drug-likeness (QED) is 0.399. The Morgan fingerprint density at radius 1 is 0.769 bits per heavy atom. The minimum Gasteiger partial charge on any atom is -0.301 e. The van der Waals surface area contributed by atoms with E-state index in [0.29, 0.717) is 0 Å². The van der Waals surface area contributed by atoms with E-state index in [1.165, 1.54) is 38.5 Å². The van der Waals surface area contributed by atoms with Crippen molar-refractivity contribution in [3.63, 3.8) is 0 Å². The molecule has 13 heavy (non-hydrogen) atoms. The average Bonchev–Trinajstić information content (AvgIpc) is 2.01. The van der Waals surface area contributed by atoms with Gasteiger partial charge >= 0.3 is 0 Å². The second-order valence-corrected chi connectivity index (χ2v) is 3.98. The van der Waals surface area contributed by atoms with Gasteiger partial charge in [0.05, 0.1) is 0 Å². The first-order valence-electron chi connectivity index (χ1n) is 5.43. The van der Waals surface area contributed by atoms with Gasteiger partial charge in [-0.3, -0.25) is 0 Å². The molecule has 0 bridgehead atoms. The Bertz CT molecular complexity index is 107. The maximum absolute atomic E-state index is 5.45. The van der Waals surface area contributed by atoms with Crippen molar-refractivity contribution in [2.75, 3.05) is 0 Å². The second-order valence-electron chi connectivity index (χ2n) is 3.98. The summed E-state index contributed by atoms with van der Waals surface area (Å²) >= 11 is 0. The smallest absolute Gasteiger partial charge is 0.115 e. The fourth-order valence-corrected chi connectivity index (χ4v) is 1.39. The molecule has 0 radical (unpaired) electrons. The van der Waals surface area contributed by atoms with Crippen LogP contribution in [-0.2, 0) is 0 Å². The molecule has 0 atom stereocenters. The topological polar surface area (TPSA) is 78.1 Å². The number of hydrogen-bond donors (Lipinski definition) is 3. The molecule has 0 fully saturated rings. The molecule has 0 aliphatic carbocycles. The molecule has 0 aromatic heterocycles. The Balaban J connectivity index is 3.00. The molecular formula is C10H25N3. The molecular weight excluding hydrogens is 162 g/mol.